The molecule has 1 saturated carbocycles. The minimum atomic E-state index is -2.34. The van der Waals surface area contributed by atoms with Crippen LogP contribution in [0.4, 0.5) is 8.78 Å². The highest BCUT2D eigenvalue weighted by Gasteiger charge is 2.22. The standard InChI is InChI=1S/C8H14F2N2O/c9-7(10)5-11-4-3-8(13)12-6-1-2-6/h6-7,11H,1-5H2,(H,12,13). The molecule has 0 spiro atoms. The maximum atomic E-state index is 11.6. The summed E-state index contributed by atoms with van der Waals surface area (Å²) in [6, 6.07) is 0.350. The van der Waals surface area contributed by atoms with Gasteiger partial charge in [-0.2, -0.15) is 0 Å². The normalized spacial score (nSPS) is 16.2. The number of hydrogen-bond donors (Lipinski definition) is 2. The van der Waals surface area contributed by atoms with E-state index in [1.165, 1.54) is 0 Å². The van der Waals surface area contributed by atoms with Gasteiger partial charge in [-0.3, -0.25) is 4.79 Å². The molecule has 0 aliphatic heterocycles. The third-order valence-corrected chi connectivity index (χ3v) is 1.77. The van der Waals surface area contributed by atoms with Crippen molar-refractivity contribution in [3.63, 3.8) is 0 Å². The van der Waals surface area contributed by atoms with Crippen LogP contribution in [0.1, 0.15) is 19.3 Å². The quantitative estimate of drug-likeness (QED) is 0.602. The van der Waals surface area contributed by atoms with Crippen molar-refractivity contribution in [3.05, 3.63) is 0 Å². The lowest BCUT2D eigenvalue weighted by molar-refractivity contribution is -0.121. The molecule has 0 bridgehead atoms. The van der Waals surface area contributed by atoms with Gasteiger partial charge in [0.05, 0.1) is 6.54 Å². The van der Waals surface area contributed by atoms with E-state index < -0.39 is 6.43 Å². The molecular weight excluding hydrogens is 178 g/mol. The van der Waals surface area contributed by atoms with Gasteiger partial charge in [-0.15, -0.1) is 0 Å². The van der Waals surface area contributed by atoms with Gasteiger partial charge in [0.1, 0.15) is 0 Å². The fraction of sp³-hybridized carbons (Fsp3) is 0.875. The predicted molar refractivity (Wildman–Crippen MR) is 44.7 cm³/mol. The third kappa shape index (κ3) is 5.52. The second-order valence-corrected chi connectivity index (χ2v) is 3.19. The summed E-state index contributed by atoms with van der Waals surface area (Å²) in [4.78, 5) is 11.0. The molecule has 3 nitrogen and oxygen atoms in total. The molecular formula is C8H14F2N2O. The van der Waals surface area contributed by atoms with Gasteiger partial charge in [0, 0.05) is 19.0 Å². The average Bonchev–Trinajstić information content (AvgIpc) is 2.81. The lowest BCUT2D eigenvalue weighted by Crippen LogP contribution is -2.30. The zero-order chi connectivity index (χ0) is 9.68. The molecule has 76 valence electrons. The Labute approximate surface area is 75.9 Å². The van der Waals surface area contributed by atoms with Crippen molar-refractivity contribution in [3.8, 4) is 0 Å². The van der Waals surface area contributed by atoms with Gasteiger partial charge >= 0.3 is 0 Å². The largest absolute Gasteiger partial charge is 0.353 e. The van der Waals surface area contributed by atoms with Crippen molar-refractivity contribution < 1.29 is 13.6 Å². The number of carbonyl (C=O) groups is 1. The Morgan fingerprint density at radius 2 is 2.15 bits per heavy atom. The van der Waals surface area contributed by atoms with Gasteiger partial charge in [-0.05, 0) is 12.8 Å². The summed E-state index contributed by atoms with van der Waals surface area (Å²) < 4.78 is 23.2. The molecule has 1 amide bonds. The molecule has 5 heteroatoms. The highest BCUT2D eigenvalue weighted by atomic mass is 19.3. The molecule has 0 atom stereocenters. The van der Waals surface area contributed by atoms with E-state index in [2.05, 4.69) is 10.6 Å². The maximum absolute atomic E-state index is 11.6. The lowest BCUT2D eigenvalue weighted by atomic mass is 10.4. The van der Waals surface area contributed by atoms with Crippen molar-refractivity contribution >= 4 is 5.91 Å². The van der Waals surface area contributed by atoms with Crippen LogP contribution in [0.25, 0.3) is 0 Å². The van der Waals surface area contributed by atoms with E-state index in [0.717, 1.165) is 12.8 Å². The molecule has 0 aromatic heterocycles. The highest BCUT2D eigenvalue weighted by Crippen LogP contribution is 2.18. The first-order chi connectivity index (χ1) is 6.18. The summed E-state index contributed by atoms with van der Waals surface area (Å²) in [5.41, 5.74) is 0. The van der Waals surface area contributed by atoms with Crippen LogP contribution < -0.4 is 10.6 Å². The second-order valence-electron chi connectivity index (χ2n) is 3.19. The van der Waals surface area contributed by atoms with Crippen molar-refractivity contribution in [1.29, 1.82) is 0 Å². The SMILES string of the molecule is O=C(CCNCC(F)F)NC1CC1. The van der Waals surface area contributed by atoms with E-state index in [1.807, 2.05) is 0 Å². The molecule has 0 aromatic carbocycles. The monoisotopic (exact) mass is 192 g/mol. The zero-order valence-corrected chi connectivity index (χ0v) is 7.35. The first kappa shape index (κ1) is 10.4. The van der Waals surface area contributed by atoms with E-state index >= 15 is 0 Å². The maximum Gasteiger partial charge on any atom is 0.250 e. The topological polar surface area (TPSA) is 41.1 Å². The first-order valence-corrected chi connectivity index (χ1v) is 4.46. The molecule has 13 heavy (non-hydrogen) atoms. The predicted octanol–water partition coefficient (Wildman–Crippen LogP) is 0.510. The second kappa shape index (κ2) is 5.11. The van der Waals surface area contributed by atoms with Gasteiger partial charge in [-0.1, -0.05) is 0 Å². The number of alkyl halides is 2. The molecule has 0 heterocycles. The van der Waals surface area contributed by atoms with Gasteiger partial charge < -0.3 is 10.6 Å². The van der Waals surface area contributed by atoms with Crippen LogP contribution in [0.2, 0.25) is 0 Å². The average molecular weight is 192 g/mol. The van der Waals surface area contributed by atoms with Gasteiger partial charge in [0.2, 0.25) is 5.91 Å². The highest BCUT2D eigenvalue weighted by molar-refractivity contribution is 5.76. The van der Waals surface area contributed by atoms with Crippen molar-refractivity contribution in [2.45, 2.75) is 31.7 Å². The van der Waals surface area contributed by atoms with Crippen molar-refractivity contribution in [2.24, 2.45) is 0 Å². The van der Waals surface area contributed by atoms with E-state index in [1.54, 1.807) is 0 Å². The Morgan fingerprint density at radius 1 is 1.46 bits per heavy atom. The summed E-state index contributed by atoms with van der Waals surface area (Å²) in [5, 5.41) is 5.27. The number of amides is 1. The number of rotatable bonds is 6. The summed E-state index contributed by atoms with van der Waals surface area (Å²) in [7, 11) is 0. The Kier molecular flexibility index (Phi) is 4.08. The molecule has 0 radical (unpaired) electrons. The number of hydrogen-bond acceptors (Lipinski definition) is 2. The van der Waals surface area contributed by atoms with Gasteiger partial charge in [0.15, 0.2) is 0 Å². The Balaban J connectivity index is 1.89. The Hall–Kier alpha value is -0.710. The number of carbonyl (C=O) groups excluding carboxylic acids is 1. The molecule has 0 saturated heterocycles. The van der Waals surface area contributed by atoms with E-state index in [0.29, 0.717) is 12.6 Å². The summed E-state index contributed by atoms with van der Waals surface area (Å²) in [5.74, 6) is -0.0516. The fourth-order valence-electron chi connectivity index (χ4n) is 0.941. The first-order valence-electron chi connectivity index (χ1n) is 4.46. The van der Waals surface area contributed by atoms with Crippen LogP contribution in [0.15, 0.2) is 0 Å². The van der Waals surface area contributed by atoms with Crippen molar-refractivity contribution in [2.75, 3.05) is 13.1 Å². The van der Waals surface area contributed by atoms with Crippen LogP contribution in [-0.4, -0.2) is 31.5 Å². The molecule has 1 fully saturated rings. The van der Waals surface area contributed by atoms with E-state index in [4.69, 9.17) is 0 Å². The van der Waals surface area contributed by atoms with Crippen LogP contribution >= 0.6 is 0 Å². The lowest BCUT2D eigenvalue weighted by Gasteiger charge is -2.04. The zero-order valence-electron chi connectivity index (χ0n) is 7.35. The molecule has 1 aliphatic rings. The molecule has 2 N–H and O–H groups in total. The number of nitrogens with one attached hydrogen (secondary N) is 2. The smallest absolute Gasteiger partial charge is 0.250 e. The minimum Gasteiger partial charge on any atom is -0.353 e. The summed E-state index contributed by atoms with van der Waals surface area (Å²) >= 11 is 0. The Morgan fingerprint density at radius 3 is 2.69 bits per heavy atom. The van der Waals surface area contributed by atoms with Crippen LogP contribution in [0, 0.1) is 0 Å². The molecule has 0 aromatic rings. The minimum absolute atomic E-state index is 0.0516. The molecule has 0 unspecified atom stereocenters. The van der Waals surface area contributed by atoms with Gasteiger partial charge in [-0.25, -0.2) is 8.78 Å². The summed E-state index contributed by atoms with van der Waals surface area (Å²) in [6.45, 7) is -0.0143. The van der Waals surface area contributed by atoms with Crippen LogP contribution in [0.5, 0.6) is 0 Å². The summed E-state index contributed by atoms with van der Waals surface area (Å²) in [6.07, 6.45) is 0.0433. The molecule has 1 aliphatic carbocycles. The van der Waals surface area contributed by atoms with Crippen LogP contribution in [0.3, 0.4) is 0 Å². The van der Waals surface area contributed by atoms with Crippen LogP contribution in [-0.2, 0) is 4.79 Å². The fourth-order valence-corrected chi connectivity index (χ4v) is 0.941. The van der Waals surface area contributed by atoms with E-state index in [9.17, 15) is 13.6 Å². The molecule has 1 rings (SSSR count). The van der Waals surface area contributed by atoms with E-state index in [-0.39, 0.29) is 18.9 Å². The third-order valence-electron chi connectivity index (χ3n) is 1.77. The van der Waals surface area contributed by atoms with Crippen molar-refractivity contribution in [1.82, 2.24) is 10.6 Å². The number of halogens is 2. The van der Waals surface area contributed by atoms with Gasteiger partial charge in [0.25, 0.3) is 6.43 Å². The Bertz CT molecular complexity index is 172.